The number of hydrogen-bond acceptors (Lipinski definition) is 2. The number of aromatic amines is 1. The number of fused-ring (bicyclic) bond motifs is 1. The van der Waals surface area contributed by atoms with Gasteiger partial charge in [-0.2, -0.15) is 5.10 Å². The van der Waals surface area contributed by atoms with Crippen LogP contribution in [0.15, 0.2) is 42.9 Å². The highest BCUT2D eigenvalue weighted by Gasteiger charge is 2.04. The van der Waals surface area contributed by atoms with E-state index in [0.29, 0.717) is 0 Å². The number of nitrogens with one attached hydrogen (secondary N) is 1. The Balaban J connectivity index is 1.99. The van der Waals surface area contributed by atoms with Gasteiger partial charge in [0.15, 0.2) is 5.65 Å². The van der Waals surface area contributed by atoms with Gasteiger partial charge in [0.2, 0.25) is 0 Å². The zero-order valence-corrected chi connectivity index (χ0v) is 8.09. The largest absolute Gasteiger partial charge is 0.342 e. The van der Waals surface area contributed by atoms with Crippen LogP contribution in [0.4, 0.5) is 0 Å². The molecule has 0 aliphatic carbocycles. The maximum absolute atomic E-state index is 4.27. The quantitative estimate of drug-likeness (QED) is 0.682. The molecule has 0 spiro atoms. The molecule has 4 nitrogen and oxygen atoms in total. The fourth-order valence-corrected chi connectivity index (χ4v) is 1.65. The van der Waals surface area contributed by atoms with Crippen molar-refractivity contribution in [3.63, 3.8) is 0 Å². The van der Waals surface area contributed by atoms with Crippen molar-refractivity contribution < 1.29 is 0 Å². The van der Waals surface area contributed by atoms with Crippen LogP contribution in [0.25, 0.3) is 11.2 Å². The summed E-state index contributed by atoms with van der Waals surface area (Å²) in [5, 5.41) is 4.27. The van der Waals surface area contributed by atoms with Crippen LogP contribution in [0.2, 0.25) is 0 Å². The maximum Gasteiger partial charge on any atom is 0.176 e. The molecule has 4 heteroatoms. The van der Waals surface area contributed by atoms with Crippen molar-refractivity contribution in [1.29, 1.82) is 0 Å². The van der Waals surface area contributed by atoms with E-state index >= 15 is 0 Å². The first-order chi connectivity index (χ1) is 7.43. The number of benzene rings is 1. The minimum absolute atomic E-state index is 0.759. The molecule has 0 aliphatic heterocycles. The predicted octanol–water partition coefficient (Wildman–Crippen LogP) is 1.81. The van der Waals surface area contributed by atoms with E-state index in [9.17, 15) is 0 Å². The Labute approximate surface area is 86.6 Å². The van der Waals surface area contributed by atoms with E-state index in [0.717, 1.165) is 17.7 Å². The summed E-state index contributed by atoms with van der Waals surface area (Å²) in [6, 6.07) is 10.2. The van der Waals surface area contributed by atoms with Crippen molar-refractivity contribution in [2.45, 2.75) is 6.54 Å². The summed E-state index contributed by atoms with van der Waals surface area (Å²) in [5.74, 6) is 0. The average molecular weight is 198 g/mol. The standard InChI is InChI=1S/C11H10N4/c1-2-4-9(5-3-1)7-15-11-10(6-14-15)12-8-13-11/h1-6,8H,7H2,(H,12,13). The molecule has 0 radical (unpaired) electrons. The molecule has 0 atom stereocenters. The minimum atomic E-state index is 0.759. The third-order valence-electron chi connectivity index (χ3n) is 2.39. The van der Waals surface area contributed by atoms with Crippen LogP contribution in [0, 0.1) is 0 Å². The van der Waals surface area contributed by atoms with Gasteiger partial charge in [-0.1, -0.05) is 30.3 Å². The minimum Gasteiger partial charge on any atom is -0.342 e. The molecule has 0 bridgehead atoms. The molecule has 2 heterocycles. The Bertz CT molecular complexity index is 564. The molecule has 15 heavy (non-hydrogen) atoms. The van der Waals surface area contributed by atoms with E-state index in [1.807, 2.05) is 22.9 Å². The summed E-state index contributed by atoms with van der Waals surface area (Å²) < 4.78 is 1.89. The number of rotatable bonds is 2. The highest BCUT2D eigenvalue weighted by molar-refractivity contribution is 5.69. The van der Waals surface area contributed by atoms with Crippen molar-refractivity contribution in [3.05, 3.63) is 48.4 Å². The van der Waals surface area contributed by atoms with Gasteiger partial charge in [0.1, 0.15) is 5.52 Å². The Hall–Kier alpha value is -2.10. The molecule has 1 aromatic carbocycles. The molecule has 3 aromatic rings. The highest BCUT2D eigenvalue weighted by Crippen LogP contribution is 2.09. The molecule has 3 rings (SSSR count). The van der Waals surface area contributed by atoms with Crippen LogP contribution >= 0.6 is 0 Å². The van der Waals surface area contributed by atoms with E-state index in [4.69, 9.17) is 0 Å². The molecule has 1 N–H and O–H groups in total. The zero-order valence-electron chi connectivity index (χ0n) is 8.09. The van der Waals surface area contributed by atoms with Gasteiger partial charge in [0.05, 0.1) is 19.1 Å². The molecule has 0 saturated heterocycles. The van der Waals surface area contributed by atoms with Crippen molar-refractivity contribution >= 4 is 11.2 Å². The van der Waals surface area contributed by atoms with Crippen molar-refractivity contribution in [3.8, 4) is 0 Å². The maximum atomic E-state index is 4.27. The highest BCUT2D eigenvalue weighted by atomic mass is 15.3. The fourth-order valence-electron chi connectivity index (χ4n) is 1.65. The number of nitrogens with zero attached hydrogens (tertiary/aromatic N) is 3. The summed E-state index contributed by atoms with van der Waals surface area (Å²) in [7, 11) is 0. The first-order valence-corrected chi connectivity index (χ1v) is 4.82. The zero-order chi connectivity index (χ0) is 10.1. The number of hydrogen-bond donors (Lipinski definition) is 1. The summed E-state index contributed by atoms with van der Waals surface area (Å²) in [6.07, 6.45) is 3.49. The second-order valence-corrected chi connectivity index (χ2v) is 3.43. The smallest absolute Gasteiger partial charge is 0.176 e. The van der Waals surface area contributed by atoms with Gasteiger partial charge in [0.25, 0.3) is 0 Å². The SMILES string of the molecule is c1ccc(Cn2ncc3[nH]cnc32)cc1. The summed E-state index contributed by atoms with van der Waals surface area (Å²) in [4.78, 5) is 7.25. The van der Waals surface area contributed by atoms with Gasteiger partial charge < -0.3 is 4.98 Å². The first kappa shape index (κ1) is 8.23. The lowest BCUT2D eigenvalue weighted by atomic mass is 10.2. The third kappa shape index (κ3) is 1.40. The van der Waals surface area contributed by atoms with Crippen molar-refractivity contribution in [2.75, 3.05) is 0 Å². The lowest BCUT2D eigenvalue weighted by Gasteiger charge is -2.00. The van der Waals surface area contributed by atoms with Crippen LogP contribution in [0.5, 0.6) is 0 Å². The molecule has 74 valence electrons. The summed E-state index contributed by atoms with van der Waals surface area (Å²) >= 11 is 0. The van der Waals surface area contributed by atoms with Gasteiger partial charge >= 0.3 is 0 Å². The molecular weight excluding hydrogens is 188 g/mol. The Morgan fingerprint density at radius 1 is 1.20 bits per heavy atom. The van der Waals surface area contributed by atoms with Gasteiger partial charge in [-0.3, -0.25) is 0 Å². The lowest BCUT2D eigenvalue weighted by Crippen LogP contribution is -2.01. The van der Waals surface area contributed by atoms with Gasteiger partial charge in [0, 0.05) is 0 Å². The molecule has 0 saturated carbocycles. The molecule has 0 aliphatic rings. The Kier molecular flexibility index (Phi) is 1.78. The number of imidazole rings is 1. The van der Waals surface area contributed by atoms with E-state index < -0.39 is 0 Å². The number of H-pyrrole nitrogens is 1. The third-order valence-corrected chi connectivity index (χ3v) is 2.39. The van der Waals surface area contributed by atoms with Gasteiger partial charge in [-0.15, -0.1) is 0 Å². The molecular formula is C11H10N4. The van der Waals surface area contributed by atoms with E-state index in [-0.39, 0.29) is 0 Å². The van der Waals surface area contributed by atoms with Crippen molar-refractivity contribution in [2.24, 2.45) is 0 Å². The molecule has 2 aromatic heterocycles. The topological polar surface area (TPSA) is 46.5 Å². The van der Waals surface area contributed by atoms with Crippen LogP contribution in [0.1, 0.15) is 5.56 Å². The Morgan fingerprint density at radius 3 is 2.93 bits per heavy atom. The second-order valence-electron chi connectivity index (χ2n) is 3.43. The Morgan fingerprint density at radius 2 is 2.07 bits per heavy atom. The van der Waals surface area contributed by atoms with Crippen molar-refractivity contribution in [1.82, 2.24) is 19.7 Å². The summed E-state index contributed by atoms with van der Waals surface area (Å²) in [6.45, 7) is 0.759. The molecule has 0 amide bonds. The first-order valence-electron chi connectivity index (χ1n) is 4.82. The number of aromatic nitrogens is 4. The van der Waals surface area contributed by atoms with E-state index in [2.05, 4.69) is 27.2 Å². The fraction of sp³-hybridized carbons (Fsp3) is 0.0909. The van der Waals surface area contributed by atoms with Crippen LogP contribution in [-0.2, 0) is 6.54 Å². The van der Waals surface area contributed by atoms with Crippen LogP contribution in [0.3, 0.4) is 0 Å². The van der Waals surface area contributed by atoms with Gasteiger partial charge in [-0.05, 0) is 5.56 Å². The average Bonchev–Trinajstić information content (AvgIpc) is 2.85. The predicted molar refractivity (Wildman–Crippen MR) is 57.4 cm³/mol. The monoisotopic (exact) mass is 198 g/mol. The summed E-state index contributed by atoms with van der Waals surface area (Å²) in [5.41, 5.74) is 3.11. The lowest BCUT2D eigenvalue weighted by molar-refractivity contribution is 0.704. The van der Waals surface area contributed by atoms with Crippen LogP contribution in [-0.4, -0.2) is 19.7 Å². The van der Waals surface area contributed by atoms with Crippen LogP contribution < -0.4 is 0 Å². The molecule has 0 fully saturated rings. The van der Waals surface area contributed by atoms with E-state index in [1.165, 1.54) is 5.56 Å². The normalized spacial score (nSPS) is 10.9. The van der Waals surface area contributed by atoms with Gasteiger partial charge in [-0.25, -0.2) is 9.67 Å². The molecule has 0 unspecified atom stereocenters. The second kappa shape index (κ2) is 3.24. The van der Waals surface area contributed by atoms with E-state index in [1.54, 1.807) is 12.5 Å².